The van der Waals surface area contributed by atoms with Gasteiger partial charge in [0.1, 0.15) is 5.76 Å². The summed E-state index contributed by atoms with van der Waals surface area (Å²) < 4.78 is 5.35. The smallest absolute Gasteiger partial charge is 0.141 e. The van der Waals surface area contributed by atoms with Crippen LogP contribution in [0.15, 0.2) is 35.2 Å². The number of fused-ring (bicyclic) bond motifs is 1. The van der Waals surface area contributed by atoms with Crippen molar-refractivity contribution in [2.75, 3.05) is 0 Å². The number of nitrogens with one attached hydrogen (secondary N) is 1. The number of hydrogen-bond donors (Lipinski definition) is 1. The first-order valence-electron chi connectivity index (χ1n) is 7.89. The third-order valence-electron chi connectivity index (χ3n) is 4.46. The number of aromatic amines is 1. The number of pyridine rings is 1. The van der Waals surface area contributed by atoms with Gasteiger partial charge in [-0.25, -0.2) is 4.98 Å². The molecule has 0 bridgehead atoms. The van der Waals surface area contributed by atoms with Gasteiger partial charge in [0.2, 0.25) is 0 Å². The Hall–Kier alpha value is -2.95. The van der Waals surface area contributed by atoms with Crippen LogP contribution in [0.2, 0.25) is 0 Å². The molecule has 3 aromatic heterocycles. The highest BCUT2D eigenvalue weighted by Crippen LogP contribution is 2.37. The summed E-state index contributed by atoms with van der Waals surface area (Å²) in [4.78, 5) is 12.2. The molecule has 0 radical (unpaired) electrons. The van der Waals surface area contributed by atoms with E-state index in [9.17, 15) is 0 Å². The third kappa shape index (κ3) is 2.12. The minimum Gasteiger partial charge on any atom is -0.361 e. The van der Waals surface area contributed by atoms with E-state index in [-0.39, 0.29) is 0 Å². The molecule has 0 saturated carbocycles. The number of hydrogen-bond acceptors (Lipinski definition) is 4. The number of benzene rings is 1. The van der Waals surface area contributed by atoms with Gasteiger partial charge in [-0.05, 0) is 57.0 Å². The molecule has 1 aromatic carbocycles. The minimum atomic E-state index is 0.817. The van der Waals surface area contributed by atoms with Gasteiger partial charge in [-0.3, -0.25) is 4.98 Å². The average molecular weight is 318 g/mol. The van der Waals surface area contributed by atoms with Crippen LogP contribution in [0, 0.1) is 27.7 Å². The maximum Gasteiger partial charge on any atom is 0.141 e. The number of aryl methyl sites for hydroxylation is 4. The fourth-order valence-corrected chi connectivity index (χ4v) is 3.38. The average Bonchev–Trinajstić information content (AvgIpc) is 3.13. The van der Waals surface area contributed by atoms with Crippen molar-refractivity contribution in [3.05, 3.63) is 53.4 Å². The lowest BCUT2D eigenvalue weighted by molar-refractivity contribution is 0.393. The second-order valence-corrected chi connectivity index (χ2v) is 6.11. The summed E-state index contributed by atoms with van der Waals surface area (Å²) in [7, 11) is 0. The Morgan fingerprint density at radius 2 is 1.79 bits per heavy atom. The van der Waals surface area contributed by atoms with E-state index in [2.05, 4.69) is 39.2 Å². The highest BCUT2D eigenvalue weighted by Gasteiger charge is 2.18. The van der Waals surface area contributed by atoms with Gasteiger partial charge >= 0.3 is 0 Å². The summed E-state index contributed by atoms with van der Waals surface area (Å²) in [5, 5.41) is 4.08. The SMILES string of the molecule is Cc1ccnc(C)c1-c1cc(-c2c(C)noc2C)cc2[nH]cnc12. The standard InChI is InChI=1S/C19H18N4O/c1-10-5-6-20-11(2)17(10)15-7-14(8-16-19(15)22-9-21-16)18-12(3)23-24-13(18)4/h5-9H,1-4H3,(H,21,22). The first kappa shape index (κ1) is 14.6. The molecule has 0 aliphatic carbocycles. The van der Waals surface area contributed by atoms with E-state index in [1.165, 1.54) is 5.56 Å². The second kappa shape index (κ2) is 5.30. The number of H-pyrrole nitrogens is 1. The lowest BCUT2D eigenvalue weighted by atomic mass is 9.94. The molecule has 4 rings (SSSR count). The Morgan fingerprint density at radius 3 is 2.50 bits per heavy atom. The van der Waals surface area contributed by atoms with Crippen LogP contribution >= 0.6 is 0 Å². The van der Waals surface area contributed by atoms with Gasteiger partial charge in [0.15, 0.2) is 0 Å². The summed E-state index contributed by atoms with van der Waals surface area (Å²) in [5.74, 6) is 0.817. The highest BCUT2D eigenvalue weighted by molar-refractivity contribution is 5.97. The van der Waals surface area contributed by atoms with Gasteiger partial charge in [0.05, 0.1) is 23.1 Å². The van der Waals surface area contributed by atoms with E-state index in [0.29, 0.717) is 0 Å². The molecule has 0 fully saturated rings. The van der Waals surface area contributed by atoms with Crippen molar-refractivity contribution in [1.29, 1.82) is 0 Å². The number of aromatic nitrogens is 4. The second-order valence-electron chi connectivity index (χ2n) is 6.11. The molecule has 0 amide bonds. The van der Waals surface area contributed by atoms with E-state index in [1.54, 1.807) is 6.33 Å². The monoisotopic (exact) mass is 318 g/mol. The Labute approximate surface area is 139 Å². The van der Waals surface area contributed by atoms with Crippen molar-refractivity contribution in [3.8, 4) is 22.3 Å². The number of rotatable bonds is 2. The third-order valence-corrected chi connectivity index (χ3v) is 4.46. The predicted octanol–water partition coefficient (Wildman–Crippen LogP) is 4.51. The molecule has 0 unspecified atom stereocenters. The van der Waals surface area contributed by atoms with Gasteiger partial charge in [-0.2, -0.15) is 0 Å². The first-order chi connectivity index (χ1) is 11.6. The Kier molecular flexibility index (Phi) is 3.23. The van der Waals surface area contributed by atoms with Crippen molar-refractivity contribution in [2.24, 2.45) is 0 Å². The molecule has 3 heterocycles. The molecule has 0 spiro atoms. The molecular formula is C19H18N4O. The quantitative estimate of drug-likeness (QED) is 0.590. The summed E-state index contributed by atoms with van der Waals surface area (Å²) in [6.45, 7) is 8.03. The molecular weight excluding hydrogens is 300 g/mol. The van der Waals surface area contributed by atoms with Crippen LogP contribution in [0.3, 0.4) is 0 Å². The van der Waals surface area contributed by atoms with E-state index >= 15 is 0 Å². The Bertz CT molecular complexity index is 1020. The van der Waals surface area contributed by atoms with Crippen molar-refractivity contribution in [1.82, 2.24) is 20.1 Å². The number of nitrogens with zero attached hydrogens (tertiary/aromatic N) is 3. The molecule has 5 heteroatoms. The molecule has 1 N–H and O–H groups in total. The molecule has 24 heavy (non-hydrogen) atoms. The van der Waals surface area contributed by atoms with E-state index in [4.69, 9.17) is 4.52 Å². The highest BCUT2D eigenvalue weighted by atomic mass is 16.5. The van der Waals surface area contributed by atoms with Gasteiger partial charge in [-0.15, -0.1) is 0 Å². The maximum atomic E-state index is 5.35. The minimum absolute atomic E-state index is 0.817. The van der Waals surface area contributed by atoms with Crippen LogP contribution < -0.4 is 0 Å². The van der Waals surface area contributed by atoms with E-state index in [0.717, 1.165) is 50.4 Å². The summed E-state index contributed by atoms with van der Waals surface area (Å²) in [5.41, 5.74) is 9.31. The molecule has 120 valence electrons. The Balaban J connectivity index is 2.08. The zero-order chi connectivity index (χ0) is 16.8. The molecule has 0 aliphatic rings. The fourth-order valence-electron chi connectivity index (χ4n) is 3.38. The maximum absolute atomic E-state index is 5.35. The number of imidazole rings is 1. The largest absolute Gasteiger partial charge is 0.361 e. The van der Waals surface area contributed by atoms with Gasteiger partial charge < -0.3 is 9.51 Å². The summed E-state index contributed by atoms with van der Waals surface area (Å²) in [6.07, 6.45) is 3.57. The Morgan fingerprint density at radius 1 is 0.958 bits per heavy atom. The summed E-state index contributed by atoms with van der Waals surface area (Å²) in [6, 6.07) is 6.29. The molecule has 4 aromatic rings. The van der Waals surface area contributed by atoms with Gasteiger partial charge in [0.25, 0.3) is 0 Å². The molecule has 0 saturated heterocycles. The van der Waals surface area contributed by atoms with Gasteiger partial charge in [-0.1, -0.05) is 5.16 Å². The first-order valence-corrected chi connectivity index (χ1v) is 7.89. The lowest BCUT2D eigenvalue weighted by Crippen LogP contribution is -1.93. The zero-order valence-electron chi connectivity index (χ0n) is 14.1. The van der Waals surface area contributed by atoms with Crippen molar-refractivity contribution in [3.63, 3.8) is 0 Å². The topological polar surface area (TPSA) is 67.6 Å². The van der Waals surface area contributed by atoms with E-state index in [1.807, 2.05) is 33.0 Å². The normalized spacial score (nSPS) is 11.3. The van der Waals surface area contributed by atoms with Gasteiger partial charge in [0, 0.05) is 28.6 Å². The van der Waals surface area contributed by atoms with Crippen LogP contribution in [-0.4, -0.2) is 20.1 Å². The van der Waals surface area contributed by atoms with Crippen LogP contribution in [-0.2, 0) is 0 Å². The molecule has 5 nitrogen and oxygen atoms in total. The van der Waals surface area contributed by atoms with Crippen molar-refractivity contribution < 1.29 is 4.52 Å². The predicted molar refractivity (Wildman–Crippen MR) is 93.8 cm³/mol. The van der Waals surface area contributed by atoms with Crippen LogP contribution in [0.1, 0.15) is 22.7 Å². The van der Waals surface area contributed by atoms with Crippen molar-refractivity contribution in [2.45, 2.75) is 27.7 Å². The molecule has 0 aliphatic heterocycles. The van der Waals surface area contributed by atoms with Crippen LogP contribution in [0.25, 0.3) is 33.3 Å². The fraction of sp³-hybridized carbons (Fsp3) is 0.211. The zero-order valence-corrected chi connectivity index (χ0v) is 14.1. The lowest BCUT2D eigenvalue weighted by Gasteiger charge is -2.12. The van der Waals surface area contributed by atoms with Crippen molar-refractivity contribution >= 4 is 11.0 Å². The van der Waals surface area contributed by atoms with E-state index < -0.39 is 0 Å². The van der Waals surface area contributed by atoms with Crippen LogP contribution in [0.5, 0.6) is 0 Å². The summed E-state index contributed by atoms with van der Waals surface area (Å²) >= 11 is 0. The molecule has 0 atom stereocenters. The van der Waals surface area contributed by atoms with Crippen LogP contribution in [0.4, 0.5) is 0 Å².